The predicted molar refractivity (Wildman–Crippen MR) is 117 cm³/mol. The van der Waals surface area contributed by atoms with E-state index in [4.69, 9.17) is 14.6 Å². The molecular weight excluding hydrogens is 458 g/mol. The second-order valence-corrected chi connectivity index (χ2v) is 10.8. The van der Waals surface area contributed by atoms with Crippen LogP contribution in [0.1, 0.15) is 12.8 Å². The van der Waals surface area contributed by atoms with Gasteiger partial charge in [0.2, 0.25) is 26.0 Å². The molecule has 1 heterocycles. The van der Waals surface area contributed by atoms with E-state index in [1.807, 2.05) is 0 Å². The molecule has 0 aliphatic carbocycles. The number of hydrogen-bond acceptors (Lipinski definition) is 7. The normalized spacial score (nSPS) is 17.5. The molecule has 0 aromatic heterocycles. The fourth-order valence-corrected chi connectivity index (χ4v) is 5.53. The van der Waals surface area contributed by atoms with Crippen molar-refractivity contribution >= 4 is 31.6 Å². The number of carbonyl (C=O) groups excluding carboxylic acids is 1. The Kier molecular flexibility index (Phi) is 7.08. The van der Waals surface area contributed by atoms with Gasteiger partial charge in [-0.15, -0.1) is 0 Å². The molecule has 0 bridgehead atoms. The third kappa shape index (κ3) is 5.21. The number of sulfonamides is 2. The minimum Gasteiger partial charge on any atom is -0.493 e. The molecular formula is C20H25N3O7S2. The number of ether oxygens (including phenoxy) is 2. The lowest BCUT2D eigenvalue weighted by Gasteiger charge is -2.31. The fourth-order valence-electron chi connectivity index (χ4n) is 3.47. The van der Waals surface area contributed by atoms with Crippen LogP contribution in [0.5, 0.6) is 11.5 Å². The monoisotopic (exact) mass is 483 g/mol. The molecule has 0 radical (unpaired) electrons. The molecule has 2 aromatic rings. The Morgan fingerprint density at radius 1 is 1.00 bits per heavy atom. The van der Waals surface area contributed by atoms with Crippen LogP contribution in [-0.4, -0.2) is 54.4 Å². The first kappa shape index (κ1) is 24.0. The van der Waals surface area contributed by atoms with E-state index in [0.717, 1.165) is 0 Å². The summed E-state index contributed by atoms with van der Waals surface area (Å²) in [7, 11) is -4.79. The Balaban J connectivity index is 1.73. The first-order valence-electron chi connectivity index (χ1n) is 9.72. The molecule has 3 N–H and O–H groups in total. The van der Waals surface area contributed by atoms with Gasteiger partial charge in [0.25, 0.3) is 0 Å². The van der Waals surface area contributed by atoms with Crippen molar-refractivity contribution in [2.24, 2.45) is 11.1 Å². The third-order valence-electron chi connectivity index (χ3n) is 5.20. The van der Waals surface area contributed by atoms with E-state index >= 15 is 0 Å². The maximum Gasteiger partial charge on any atom is 0.243 e. The molecule has 0 saturated carbocycles. The Morgan fingerprint density at radius 3 is 2.22 bits per heavy atom. The zero-order valence-corrected chi connectivity index (χ0v) is 19.3. The zero-order valence-electron chi connectivity index (χ0n) is 17.6. The Morgan fingerprint density at radius 2 is 1.62 bits per heavy atom. The number of methoxy groups -OCH3 is 2. The van der Waals surface area contributed by atoms with Gasteiger partial charge in [0, 0.05) is 24.8 Å². The van der Waals surface area contributed by atoms with Gasteiger partial charge in [-0.1, -0.05) is 0 Å². The number of primary sulfonamides is 1. The number of anilines is 1. The minimum atomic E-state index is -3.84. The Labute approximate surface area is 187 Å². The van der Waals surface area contributed by atoms with Gasteiger partial charge >= 0.3 is 0 Å². The van der Waals surface area contributed by atoms with Crippen LogP contribution in [0.3, 0.4) is 0 Å². The van der Waals surface area contributed by atoms with Crippen LogP contribution >= 0.6 is 0 Å². The number of nitrogens with one attached hydrogen (secondary N) is 1. The van der Waals surface area contributed by atoms with Gasteiger partial charge in [0.15, 0.2) is 11.5 Å². The number of benzene rings is 2. The van der Waals surface area contributed by atoms with Crippen molar-refractivity contribution in [3.05, 3.63) is 42.5 Å². The number of nitrogens with two attached hydrogens (primary N) is 1. The highest BCUT2D eigenvalue weighted by atomic mass is 32.2. The van der Waals surface area contributed by atoms with Crippen molar-refractivity contribution in [2.45, 2.75) is 22.6 Å². The molecule has 0 unspecified atom stereocenters. The highest BCUT2D eigenvalue weighted by Crippen LogP contribution is 2.32. The van der Waals surface area contributed by atoms with Gasteiger partial charge in [0.1, 0.15) is 0 Å². The lowest BCUT2D eigenvalue weighted by atomic mass is 9.99. The van der Waals surface area contributed by atoms with Crippen LogP contribution in [0.4, 0.5) is 5.69 Å². The highest BCUT2D eigenvalue weighted by molar-refractivity contribution is 7.89. The zero-order chi connectivity index (χ0) is 23.5. The second-order valence-electron chi connectivity index (χ2n) is 7.28. The number of piperidine rings is 1. The van der Waals surface area contributed by atoms with E-state index in [0.29, 0.717) is 36.6 Å². The summed E-state index contributed by atoms with van der Waals surface area (Å²) in [5, 5.41) is 7.77. The molecule has 1 atom stereocenters. The Hall–Kier alpha value is -2.67. The van der Waals surface area contributed by atoms with Gasteiger partial charge < -0.3 is 14.8 Å². The van der Waals surface area contributed by atoms with Crippen molar-refractivity contribution in [3.63, 3.8) is 0 Å². The Bertz CT molecular complexity index is 1200. The summed E-state index contributed by atoms with van der Waals surface area (Å²) >= 11 is 0. The lowest BCUT2D eigenvalue weighted by Crippen LogP contribution is -2.43. The van der Waals surface area contributed by atoms with Crippen LogP contribution in [0.2, 0.25) is 0 Å². The van der Waals surface area contributed by atoms with Gasteiger partial charge in [-0.05, 0) is 49.2 Å². The third-order valence-corrected chi connectivity index (χ3v) is 7.99. The quantitative estimate of drug-likeness (QED) is 0.605. The van der Waals surface area contributed by atoms with Crippen molar-refractivity contribution in [1.29, 1.82) is 0 Å². The first-order valence-corrected chi connectivity index (χ1v) is 12.7. The molecule has 174 valence electrons. The standard InChI is InChI=1S/C20H25N3O7S2/c1-29-18-10-9-17(12-19(18)30-2)32(27,28)23-11-3-4-14(13-23)20(24)22-15-5-7-16(8-6-15)31(21,25)26/h5-10,12,14H,3-4,11,13H2,1-2H3,(H,22,24)(H2,21,25,26)/t14-/m0/s1. The molecule has 1 aliphatic heterocycles. The molecule has 1 aliphatic rings. The average molecular weight is 484 g/mol. The topological polar surface area (TPSA) is 145 Å². The van der Waals surface area contributed by atoms with E-state index < -0.39 is 26.0 Å². The number of nitrogens with zero attached hydrogens (tertiary/aromatic N) is 1. The molecule has 3 rings (SSSR count). The van der Waals surface area contributed by atoms with Crippen LogP contribution in [0, 0.1) is 5.92 Å². The summed E-state index contributed by atoms with van der Waals surface area (Å²) in [5.74, 6) is -0.198. The van der Waals surface area contributed by atoms with Crippen molar-refractivity contribution in [1.82, 2.24) is 4.31 Å². The van der Waals surface area contributed by atoms with Gasteiger partial charge in [-0.2, -0.15) is 4.31 Å². The smallest absolute Gasteiger partial charge is 0.243 e. The van der Waals surface area contributed by atoms with Crippen LogP contribution in [0.15, 0.2) is 52.3 Å². The van der Waals surface area contributed by atoms with Gasteiger partial charge in [0.05, 0.1) is 29.9 Å². The molecule has 2 aromatic carbocycles. The first-order chi connectivity index (χ1) is 15.1. The maximum absolute atomic E-state index is 13.1. The second kappa shape index (κ2) is 9.45. The van der Waals surface area contributed by atoms with Crippen molar-refractivity contribution in [2.75, 3.05) is 32.6 Å². The predicted octanol–water partition coefficient (Wildman–Crippen LogP) is 1.39. The van der Waals surface area contributed by atoms with Crippen LogP contribution in [-0.2, 0) is 24.8 Å². The lowest BCUT2D eigenvalue weighted by molar-refractivity contribution is -0.120. The molecule has 32 heavy (non-hydrogen) atoms. The average Bonchev–Trinajstić information content (AvgIpc) is 2.78. The summed E-state index contributed by atoms with van der Waals surface area (Å²) < 4.78 is 60.6. The molecule has 10 nitrogen and oxygen atoms in total. The molecule has 1 fully saturated rings. The van der Waals surface area contributed by atoms with E-state index in [-0.39, 0.29) is 22.2 Å². The maximum atomic E-state index is 13.1. The van der Waals surface area contributed by atoms with E-state index in [1.54, 1.807) is 0 Å². The number of hydrogen-bond donors (Lipinski definition) is 2. The fraction of sp³-hybridized carbons (Fsp3) is 0.350. The number of rotatable bonds is 7. The summed E-state index contributed by atoms with van der Waals surface area (Å²) in [5.41, 5.74) is 0.391. The van der Waals surface area contributed by atoms with Crippen molar-refractivity contribution < 1.29 is 31.1 Å². The molecule has 1 saturated heterocycles. The molecule has 1 amide bonds. The molecule has 0 spiro atoms. The minimum absolute atomic E-state index is 0.0256. The van der Waals surface area contributed by atoms with Crippen molar-refractivity contribution in [3.8, 4) is 11.5 Å². The largest absolute Gasteiger partial charge is 0.493 e. The summed E-state index contributed by atoms with van der Waals surface area (Å²) in [6.45, 7) is 0.321. The highest BCUT2D eigenvalue weighted by Gasteiger charge is 2.34. The van der Waals surface area contributed by atoms with Gasteiger partial charge in [-0.3, -0.25) is 4.79 Å². The molecule has 12 heteroatoms. The summed E-state index contributed by atoms with van der Waals surface area (Å²) in [6, 6.07) is 9.79. The SMILES string of the molecule is COc1ccc(S(=O)(=O)N2CCC[C@H](C(=O)Nc3ccc(S(N)(=O)=O)cc3)C2)cc1OC. The summed E-state index contributed by atoms with van der Waals surface area (Å²) in [4.78, 5) is 12.7. The number of amides is 1. The summed E-state index contributed by atoms with van der Waals surface area (Å²) in [6.07, 6.45) is 1.05. The van der Waals surface area contributed by atoms with E-state index in [9.17, 15) is 21.6 Å². The van der Waals surface area contributed by atoms with Crippen LogP contribution < -0.4 is 19.9 Å². The van der Waals surface area contributed by atoms with E-state index in [1.165, 1.54) is 61.0 Å². The van der Waals surface area contributed by atoms with Crippen LogP contribution in [0.25, 0.3) is 0 Å². The number of carbonyl (C=O) groups is 1. The van der Waals surface area contributed by atoms with Gasteiger partial charge in [-0.25, -0.2) is 22.0 Å². The van der Waals surface area contributed by atoms with E-state index in [2.05, 4.69) is 5.32 Å².